The molecule has 3 atom stereocenters. The normalized spacial score (nSPS) is 14.9. The predicted molar refractivity (Wildman–Crippen MR) is 145 cm³/mol. The molecular formula is C25H32Br4O2. The van der Waals surface area contributed by atoms with Gasteiger partial charge in [0.2, 0.25) is 0 Å². The molecule has 0 aliphatic heterocycles. The van der Waals surface area contributed by atoms with Crippen molar-refractivity contribution in [2.24, 2.45) is 11.8 Å². The van der Waals surface area contributed by atoms with Crippen molar-refractivity contribution in [2.45, 2.75) is 72.3 Å². The quantitative estimate of drug-likeness (QED) is 0.285. The van der Waals surface area contributed by atoms with E-state index in [2.05, 4.69) is 117 Å². The minimum atomic E-state index is -0.278. The third-order valence-corrected chi connectivity index (χ3v) is 8.81. The van der Waals surface area contributed by atoms with E-state index in [1.807, 2.05) is 12.1 Å². The van der Waals surface area contributed by atoms with Gasteiger partial charge in [0, 0.05) is 5.41 Å². The molecule has 0 saturated heterocycles. The summed E-state index contributed by atoms with van der Waals surface area (Å²) in [5.74, 6) is 2.50. The summed E-state index contributed by atoms with van der Waals surface area (Å²) in [6.07, 6.45) is 3.56. The van der Waals surface area contributed by atoms with Crippen LogP contribution in [-0.4, -0.2) is 11.2 Å². The molecule has 172 valence electrons. The SMILES string of the molecule is CCC(C)C(C)CCC(C)Oc1c(Br)cc(C(C)(C)c2cc(Br)c(O)c(Br)c2)cc1Br. The summed E-state index contributed by atoms with van der Waals surface area (Å²) in [6.45, 7) is 13.4. The molecule has 2 rings (SSSR count). The molecule has 0 heterocycles. The number of aromatic hydroxyl groups is 1. The minimum Gasteiger partial charge on any atom is -0.506 e. The number of ether oxygens (including phenoxy) is 1. The number of phenolic OH excluding ortho intramolecular Hbond substituents is 1. The van der Waals surface area contributed by atoms with Crippen LogP contribution in [0.1, 0.15) is 71.9 Å². The maximum Gasteiger partial charge on any atom is 0.148 e. The Balaban J connectivity index is 2.23. The third kappa shape index (κ3) is 6.74. The van der Waals surface area contributed by atoms with Gasteiger partial charge < -0.3 is 9.84 Å². The molecule has 0 aliphatic carbocycles. The number of hydrogen-bond donors (Lipinski definition) is 1. The predicted octanol–water partition coefficient (Wildman–Crippen LogP) is 10.00. The summed E-state index contributed by atoms with van der Waals surface area (Å²) in [6, 6.07) is 8.19. The van der Waals surface area contributed by atoms with E-state index in [4.69, 9.17) is 4.74 Å². The highest BCUT2D eigenvalue weighted by Crippen LogP contribution is 2.44. The topological polar surface area (TPSA) is 29.5 Å². The third-order valence-electron chi connectivity index (χ3n) is 6.42. The van der Waals surface area contributed by atoms with Gasteiger partial charge in [-0.1, -0.05) is 41.0 Å². The summed E-state index contributed by atoms with van der Waals surface area (Å²) >= 11 is 14.4. The maximum atomic E-state index is 10.1. The molecule has 0 spiro atoms. The van der Waals surface area contributed by atoms with Gasteiger partial charge in [-0.25, -0.2) is 0 Å². The summed E-state index contributed by atoms with van der Waals surface area (Å²) in [4.78, 5) is 0. The van der Waals surface area contributed by atoms with Crippen molar-refractivity contribution in [2.75, 3.05) is 0 Å². The Morgan fingerprint density at radius 1 is 0.806 bits per heavy atom. The van der Waals surface area contributed by atoms with Crippen LogP contribution >= 0.6 is 63.7 Å². The molecule has 2 aromatic carbocycles. The van der Waals surface area contributed by atoms with Crippen LogP contribution in [0.15, 0.2) is 42.2 Å². The first-order valence-corrected chi connectivity index (χ1v) is 13.9. The van der Waals surface area contributed by atoms with E-state index in [-0.39, 0.29) is 17.3 Å². The van der Waals surface area contributed by atoms with Crippen LogP contribution in [0.5, 0.6) is 11.5 Å². The van der Waals surface area contributed by atoms with Crippen LogP contribution in [0.2, 0.25) is 0 Å². The molecule has 0 bridgehead atoms. The Hall–Kier alpha value is -0.0400. The number of rotatable bonds is 9. The monoisotopic (exact) mass is 680 g/mol. The Morgan fingerprint density at radius 2 is 1.26 bits per heavy atom. The Kier molecular flexibility index (Phi) is 10.00. The van der Waals surface area contributed by atoms with Crippen LogP contribution in [0.25, 0.3) is 0 Å². The lowest BCUT2D eigenvalue weighted by Crippen LogP contribution is -2.20. The van der Waals surface area contributed by atoms with Crippen molar-refractivity contribution in [3.8, 4) is 11.5 Å². The van der Waals surface area contributed by atoms with Crippen LogP contribution in [0.4, 0.5) is 0 Å². The molecule has 3 unspecified atom stereocenters. The Labute approximate surface area is 221 Å². The highest BCUT2D eigenvalue weighted by Gasteiger charge is 2.27. The Morgan fingerprint density at radius 3 is 1.71 bits per heavy atom. The van der Waals surface area contributed by atoms with Crippen LogP contribution in [-0.2, 0) is 5.41 Å². The van der Waals surface area contributed by atoms with E-state index < -0.39 is 0 Å². The highest BCUT2D eigenvalue weighted by molar-refractivity contribution is 9.11. The molecule has 0 fully saturated rings. The zero-order valence-electron chi connectivity index (χ0n) is 19.0. The number of phenols is 1. The van der Waals surface area contributed by atoms with Crippen molar-refractivity contribution < 1.29 is 9.84 Å². The van der Waals surface area contributed by atoms with Gasteiger partial charge in [0.15, 0.2) is 0 Å². The fourth-order valence-electron chi connectivity index (χ4n) is 3.57. The molecule has 2 aromatic rings. The van der Waals surface area contributed by atoms with Gasteiger partial charge in [-0.2, -0.15) is 0 Å². The van der Waals surface area contributed by atoms with E-state index in [1.54, 1.807) is 0 Å². The molecule has 6 heteroatoms. The molecule has 31 heavy (non-hydrogen) atoms. The highest BCUT2D eigenvalue weighted by atomic mass is 79.9. The molecule has 2 nitrogen and oxygen atoms in total. The van der Waals surface area contributed by atoms with Crippen molar-refractivity contribution in [1.29, 1.82) is 0 Å². The van der Waals surface area contributed by atoms with Gasteiger partial charge in [-0.15, -0.1) is 0 Å². The number of halogens is 4. The lowest BCUT2D eigenvalue weighted by Gasteiger charge is -2.28. The Bertz CT molecular complexity index is 864. The summed E-state index contributed by atoms with van der Waals surface area (Å²) in [5.41, 5.74) is 1.95. The first-order chi connectivity index (χ1) is 14.4. The van der Waals surface area contributed by atoms with Crippen LogP contribution in [0.3, 0.4) is 0 Å². The molecule has 1 N–H and O–H groups in total. The van der Waals surface area contributed by atoms with Gasteiger partial charge in [0.25, 0.3) is 0 Å². The zero-order chi connectivity index (χ0) is 23.5. The first kappa shape index (κ1) is 27.2. The van der Waals surface area contributed by atoms with Crippen molar-refractivity contribution >= 4 is 63.7 Å². The lowest BCUT2D eigenvalue weighted by atomic mass is 9.78. The second kappa shape index (κ2) is 11.4. The number of hydrogen-bond acceptors (Lipinski definition) is 2. The largest absolute Gasteiger partial charge is 0.506 e. The van der Waals surface area contributed by atoms with Crippen LogP contribution in [0, 0.1) is 11.8 Å². The molecule has 0 amide bonds. The van der Waals surface area contributed by atoms with Gasteiger partial charge in [0.05, 0.1) is 24.0 Å². The summed E-state index contributed by atoms with van der Waals surface area (Å²) in [5, 5.41) is 10.1. The summed E-state index contributed by atoms with van der Waals surface area (Å²) < 4.78 is 9.53. The average Bonchev–Trinajstić information content (AvgIpc) is 2.71. The van der Waals surface area contributed by atoms with E-state index in [1.165, 1.54) is 12.8 Å². The second-order valence-corrected chi connectivity index (χ2v) is 12.5. The van der Waals surface area contributed by atoms with Gasteiger partial charge in [-0.05, 0) is 131 Å². The molecular weight excluding hydrogens is 652 g/mol. The van der Waals surface area contributed by atoms with E-state index in [9.17, 15) is 5.11 Å². The minimum absolute atomic E-state index is 0.141. The van der Waals surface area contributed by atoms with Crippen molar-refractivity contribution in [3.63, 3.8) is 0 Å². The fraction of sp³-hybridized carbons (Fsp3) is 0.520. The lowest BCUT2D eigenvalue weighted by molar-refractivity contribution is 0.189. The maximum absolute atomic E-state index is 10.1. The van der Waals surface area contributed by atoms with Crippen molar-refractivity contribution in [3.05, 3.63) is 53.3 Å². The van der Waals surface area contributed by atoms with E-state index in [0.717, 1.165) is 38.2 Å². The van der Waals surface area contributed by atoms with E-state index >= 15 is 0 Å². The van der Waals surface area contributed by atoms with E-state index in [0.29, 0.717) is 14.9 Å². The van der Waals surface area contributed by atoms with Gasteiger partial charge in [-0.3, -0.25) is 0 Å². The van der Waals surface area contributed by atoms with Gasteiger partial charge >= 0.3 is 0 Å². The van der Waals surface area contributed by atoms with Crippen LogP contribution < -0.4 is 4.74 Å². The first-order valence-electron chi connectivity index (χ1n) is 10.7. The fourth-order valence-corrected chi connectivity index (χ4v) is 6.13. The summed E-state index contributed by atoms with van der Waals surface area (Å²) in [7, 11) is 0. The molecule has 0 radical (unpaired) electrons. The molecule has 0 saturated carbocycles. The van der Waals surface area contributed by atoms with Crippen molar-refractivity contribution in [1.82, 2.24) is 0 Å². The van der Waals surface area contributed by atoms with Gasteiger partial charge in [0.1, 0.15) is 11.5 Å². The average molecular weight is 684 g/mol. The zero-order valence-corrected chi connectivity index (χ0v) is 25.4. The molecule has 0 aromatic heterocycles. The molecule has 0 aliphatic rings. The smallest absolute Gasteiger partial charge is 0.148 e. The number of benzene rings is 2. The second-order valence-electron chi connectivity index (χ2n) is 9.05. The standard InChI is InChI=1S/C25H32Br4O2/c1-7-14(2)15(3)8-9-16(4)31-24-21(28)12-18(13-22(24)29)25(5,6)17-10-19(26)23(30)20(27)11-17/h10-16,30H,7-9H2,1-6H3.